The van der Waals surface area contributed by atoms with Crippen molar-refractivity contribution < 1.29 is 49.5 Å². The molecule has 0 heterocycles. The first kappa shape index (κ1) is 15.1. The van der Waals surface area contributed by atoms with Crippen LogP contribution in [0.4, 0.5) is 8.78 Å². The Kier molecular flexibility index (Phi) is 3.84. The van der Waals surface area contributed by atoms with Crippen molar-refractivity contribution in [3.8, 4) is 0 Å². The van der Waals surface area contributed by atoms with Gasteiger partial charge in [0, 0.05) is 0 Å². The Morgan fingerprint density at radius 2 is 1.47 bits per heavy atom. The van der Waals surface area contributed by atoms with Gasteiger partial charge in [-0.3, -0.25) is 13.7 Å². The minimum Gasteiger partial charge on any atom is -0.320 e. The summed E-state index contributed by atoms with van der Waals surface area (Å²) < 4.78 is 75.5. The number of rotatable bonds is 4. The van der Waals surface area contributed by atoms with Crippen LogP contribution in [-0.2, 0) is 23.5 Å². The summed E-state index contributed by atoms with van der Waals surface area (Å²) in [6.07, 6.45) is 0. The molecular formula is CH4F2O9P2S. The van der Waals surface area contributed by atoms with Gasteiger partial charge in [-0.15, -0.1) is 0 Å². The predicted octanol–water partition coefficient (Wildman–Crippen LogP) is -0.281. The van der Waals surface area contributed by atoms with E-state index in [-0.39, 0.29) is 0 Å². The van der Waals surface area contributed by atoms with E-state index in [1.54, 1.807) is 0 Å². The largest absolute Gasteiger partial charge is 0.444 e. The van der Waals surface area contributed by atoms with Crippen LogP contribution in [0.2, 0.25) is 0 Å². The van der Waals surface area contributed by atoms with Crippen LogP contribution in [0.5, 0.6) is 0 Å². The van der Waals surface area contributed by atoms with Gasteiger partial charge in [0.05, 0.1) is 0 Å². The minimum atomic E-state index is -6.57. The molecule has 0 aliphatic rings. The zero-order valence-electron chi connectivity index (χ0n) is 6.39. The highest BCUT2D eigenvalue weighted by atomic mass is 32.3. The molecule has 15 heavy (non-hydrogen) atoms. The van der Waals surface area contributed by atoms with Crippen molar-refractivity contribution in [2.75, 3.05) is 0 Å². The van der Waals surface area contributed by atoms with E-state index < -0.39 is 31.0 Å². The fourth-order valence-corrected chi connectivity index (χ4v) is 3.33. The van der Waals surface area contributed by atoms with Gasteiger partial charge in [0.2, 0.25) is 0 Å². The number of hydrogen-bond acceptors (Lipinski definition) is 5. The van der Waals surface area contributed by atoms with Crippen LogP contribution >= 0.6 is 15.2 Å². The first-order chi connectivity index (χ1) is 6.21. The lowest BCUT2D eigenvalue weighted by Gasteiger charge is -2.20. The minimum absolute atomic E-state index is 2.61. The lowest BCUT2D eigenvalue weighted by Crippen LogP contribution is -2.20. The van der Waals surface area contributed by atoms with E-state index in [2.05, 4.69) is 3.97 Å². The van der Waals surface area contributed by atoms with Gasteiger partial charge in [0.1, 0.15) is 0 Å². The summed E-state index contributed by atoms with van der Waals surface area (Å²) in [5.41, 5.74) is 0. The summed E-state index contributed by atoms with van der Waals surface area (Å²) >= 11 is 0. The zero-order valence-corrected chi connectivity index (χ0v) is 8.99. The van der Waals surface area contributed by atoms with Crippen molar-refractivity contribution in [2.24, 2.45) is 0 Å². The monoisotopic (exact) mass is 292 g/mol. The second-order valence-electron chi connectivity index (χ2n) is 2.08. The predicted molar refractivity (Wildman–Crippen MR) is 39.5 cm³/mol. The van der Waals surface area contributed by atoms with Crippen molar-refractivity contribution in [3.63, 3.8) is 0 Å². The van der Waals surface area contributed by atoms with Crippen molar-refractivity contribution in [1.82, 2.24) is 0 Å². The van der Waals surface area contributed by atoms with Crippen molar-refractivity contribution in [3.05, 3.63) is 0 Å². The fraction of sp³-hybridized carbons (Fsp3) is 1.00. The molecule has 0 radical (unpaired) electrons. The smallest absolute Gasteiger partial charge is 0.320 e. The highest BCUT2D eigenvalue weighted by molar-refractivity contribution is 7.88. The van der Waals surface area contributed by atoms with E-state index in [0.29, 0.717) is 0 Å². The molecule has 0 aliphatic carbocycles. The molecule has 0 fully saturated rings. The Labute approximate surface area is 81.3 Å². The normalized spacial score (nSPS) is 18.5. The van der Waals surface area contributed by atoms with E-state index >= 15 is 0 Å². The summed E-state index contributed by atoms with van der Waals surface area (Å²) in [7, 11) is -18.8. The van der Waals surface area contributed by atoms with Gasteiger partial charge < -0.3 is 14.7 Å². The first-order valence-electron chi connectivity index (χ1n) is 2.66. The maximum absolute atomic E-state index is 12.5. The second-order valence-corrected chi connectivity index (χ2v) is 7.13. The van der Waals surface area contributed by atoms with Gasteiger partial charge in [-0.2, -0.15) is 21.2 Å². The van der Waals surface area contributed by atoms with E-state index in [0.717, 1.165) is 0 Å². The molecule has 0 amide bonds. The van der Waals surface area contributed by atoms with Gasteiger partial charge in [-0.1, -0.05) is 0 Å². The van der Waals surface area contributed by atoms with Crippen molar-refractivity contribution >= 4 is 25.6 Å². The van der Waals surface area contributed by atoms with Crippen molar-refractivity contribution in [2.45, 2.75) is 5.40 Å². The topological polar surface area (TPSA) is 158 Å². The number of hydrogen-bond donors (Lipinski definition) is 4. The van der Waals surface area contributed by atoms with Gasteiger partial charge in [-0.05, 0) is 0 Å². The number of alkyl halides is 2. The van der Waals surface area contributed by atoms with E-state index in [9.17, 15) is 26.3 Å². The molecule has 9 nitrogen and oxygen atoms in total. The van der Waals surface area contributed by atoms with Crippen LogP contribution in [0.3, 0.4) is 0 Å². The molecule has 0 aromatic rings. The zero-order chi connectivity index (χ0) is 12.7. The highest BCUT2D eigenvalue weighted by Crippen LogP contribution is 2.73. The molecule has 0 rings (SSSR count). The molecule has 0 saturated heterocycles. The summed E-state index contributed by atoms with van der Waals surface area (Å²) in [6.45, 7) is 0. The molecule has 14 heteroatoms. The Bertz CT molecular complexity index is 431. The molecule has 0 aromatic carbocycles. The maximum Gasteiger partial charge on any atom is 0.444 e. The van der Waals surface area contributed by atoms with Gasteiger partial charge >= 0.3 is 31.0 Å². The van der Waals surface area contributed by atoms with Crippen LogP contribution in [0.25, 0.3) is 0 Å². The third-order valence-electron chi connectivity index (χ3n) is 0.886. The summed E-state index contributed by atoms with van der Waals surface area (Å²) in [4.78, 5) is 24.2. The maximum atomic E-state index is 12.5. The molecule has 0 aliphatic heterocycles. The molecule has 92 valence electrons. The molecular weight excluding hydrogens is 288 g/mol. The highest BCUT2D eigenvalue weighted by Gasteiger charge is 2.66. The fourth-order valence-electron chi connectivity index (χ4n) is 0.337. The summed E-state index contributed by atoms with van der Waals surface area (Å²) in [5, 5.41) is -5.64. The van der Waals surface area contributed by atoms with Crippen molar-refractivity contribution in [1.29, 1.82) is 0 Å². The Morgan fingerprint density at radius 3 is 1.67 bits per heavy atom. The lowest BCUT2D eigenvalue weighted by molar-refractivity contribution is 0.108. The Hall–Kier alpha value is 0.0700. The third kappa shape index (κ3) is 3.54. The van der Waals surface area contributed by atoms with Crippen LogP contribution < -0.4 is 0 Å². The van der Waals surface area contributed by atoms with Gasteiger partial charge in [0.25, 0.3) is 0 Å². The summed E-state index contributed by atoms with van der Waals surface area (Å²) in [6, 6.07) is 0. The molecule has 0 spiro atoms. The molecule has 0 aromatic heterocycles. The van der Waals surface area contributed by atoms with Crippen LogP contribution in [0.1, 0.15) is 0 Å². The molecule has 0 saturated carbocycles. The Morgan fingerprint density at radius 1 is 1.13 bits per heavy atom. The SMILES string of the molecule is O=P(O)(O)C(F)(F)P(=O)(O)OS(=O)(=O)O. The standard InChI is InChI=1S/CH4F2O9P2S/c2-1(3,13(4,5)6)14(7,8)12-15(9,10)11/h(H,7,8)(H2,4,5,6)(H,9,10,11). The van der Waals surface area contributed by atoms with Gasteiger partial charge in [0.15, 0.2) is 0 Å². The third-order valence-corrected chi connectivity index (χ3v) is 5.37. The lowest BCUT2D eigenvalue weighted by atomic mass is 11.6. The molecule has 0 bridgehead atoms. The van der Waals surface area contributed by atoms with Crippen LogP contribution in [0.15, 0.2) is 0 Å². The molecule has 1 unspecified atom stereocenters. The van der Waals surface area contributed by atoms with E-state index in [1.165, 1.54) is 0 Å². The quantitative estimate of drug-likeness (QED) is 0.403. The van der Waals surface area contributed by atoms with Crippen LogP contribution in [0, 0.1) is 0 Å². The second kappa shape index (κ2) is 3.82. The number of halogens is 2. The molecule has 1 atom stereocenters. The average Bonchev–Trinajstić information content (AvgIpc) is 1.77. The van der Waals surface area contributed by atoms with Crippen LogP contribution in [-0.4, -0.2) is 33.1 Å². The summed E-state index contributed by atoms with van der Waals surface area (Å²) in [5.74, 6) is 0. The Balaban J connectivity index is 5.41. The average molecular weight is 292 g/mol. The van der Waals surface area contributed by atoms with Gasteiger partial charge in [-0.25, -0.2) is 0 Å². The first-order valence-corrected chi connectivity index (χ1v) is 7.21. The van der Waals surface area contributed by atoms with E-state index in [1.807, 2.05) is 0 Å². The molecule has 4 N–H and O–H groups in total. The van der Waals surface area contributed by atoms with E-state index in [4.69, 9.17) is 19.2 Å².